The summed E-state index contributed by atoms with van der Waals surface area (Å²) in [5.41, 5.74) is 12.3. The van der Waals surface area contributed by atoms with E-state index in [1.165, 1.54) is 12.5 Å². The van der Waals surface area contributed by atoms with Crippen molar-refractivity contribution in [3.8, 4) is 0 Å². The van der Waals surface area contributed by atoms with Crippen molar-refractivity contribution in [2.45, 2.75) is 25.3 Å². The Kier molecular flexibility index (Phi) is 3.66. The fourth-order valence-electron chi connectivity index (χ4n) is 2.53. The van der Waals surface area contributed by atoms with Gasteiger partial charge in [-0.25, -0.2) is 0 Å². The largest absolute Gasteiger partial charge is 0.393 e. The number of nitro groups is 1. The number of nitrogens with one attached hydrogen (secondary N) is 1. The highest BCUT2D eigenvalue weighted by molar-refractivity contribution is 5.66. The molecule has 6 nitrogen and oxygen atoms in total. The molecule has 1 aromatic rings. The molecule has 1 aliphatic carbocycles. The Balaban J connectivity index is 2.10. The zero-order valence-electron chi connectivity index (χ0n) is 10.1. The molecular weight excluding hydrogens is 232 g/mol. The third kappa shape index (κ3) is 2.53. The van der Waals surface area contributed by atoms with Crippen LogP contribution in [0.2, 0.25) is 0 Å². The van der Waals surface area contributed by atoms with Gasteiger partial charge in [-0.15, -0.1) is 0 Å². The van der Waals surface area contributed by atoms with Crippen molar-refractivity contribution < 1.29 is 4.92 Å². The molecule has 1 aromatic carbocycles. The van der Waals surface area contributed by atoms with Crippen LogP contribution in [0, 0.1) is 16.0 Å². The van der Waals surface area contributed by atoms with Crippen LogP contribution >= 0.6 is 0 Å². The van der Waals surface area contributed by atoms with Gasteiger partial charge < -0.3 is 16.8 Å². The summed E-state index contributed by atoms with van der Waals surface area (Å²) in [6, 6.07) is 5.09. The normalized spacial score (nSPS) is 22.9. The molecule has 2 atom stereocenters. The average molecular weight is 250 g/mol. The van der Waals surface area contributed by atoms with Gasteiger partial charge in [-0.05, 0) is 37.4 Å². The van der Waals surface area contributed by atoms with E-state index in [2.05, 4.69) is 5.32 Å². The summed E-state index contributed by atoms with van der Waals surface area (Å²) in [4.78, 5) is 10.2. The minimum Gasteiger partial charge on any atom is -0.393 e. The van der Waals surface area contributed by atoms with Crippen LogP contribution < -0.4 is 16.8 Å². The van der Waals surface area contributed by atoms with Crippen molar-refractivity contribution >= 4 is 17.1 Å². The second-order valence-corrected chi connectivity index (χ2v) is 4.71. The molecule has 0 bridgehead atoms. The predicted octanol–water partition coefficient (Wildman–Crippen LogP) is 1.72. The van der Waals surface area contributed by atoms with E-state index in [0.717, 1.165) is 18.5 Å². The van der Waals surface area contributed by atoms with Crippen LogP contribution in [-0.4, -0.2) is 17.5 Å². The lowest BCUT2D eigenvalue weighted by atomic mass is 10.0. The molecule has 1 fully saturated rings. The Morgan fingerprint density at radius 3 is 2.83 bits per heavy atom. The van der Waals surface area contributed by atoms with E-state index < -0.39 is 4.92 Å². The fraction of sp³-hybridized carbons (Fsp3) is 0.500. The topological polar surface area (TPSA) is 107 Å². The summed E-state index contributed by atoms with van der Waals surface area (Å²) in [5.74, 6) is 0.474. The van der Waals surface area contributed by atoms with E-state index in [1.54, 1.807) is 12.1 Å². The van der Waals surface area contributed by atoms with Gasteiger partial charge in [-0.1, -0.05) is 6.42 Å². The first-order valence-electron chi connectivity index (χ1n) is 6.12. The molecule has 2 unspecified atom stereocenters. The SMILES string of the molecule is NCC1CCCC1Nc1ccc([N+](=O)[O-])c(N)c1. The molecule has 0 aromatic heterocycles. The number of nitrogens with two attached hydrogens (primary N) is 2. The Bertz CT molecular complexity index is 450. The standard InChI is InChI=1S/C12H18N4O2/c13-7-8-2-1-3-11(8)15-9-4-5-12(16(17)18)10(14)6-9/h4-6,8,11,15H,1-3,7,13-14H2. The smallest absolute Gasteiger partial charge is 0.292 e. The number of hydrogen-bond acceptors (Lipinski definition) is 5. The molecule has 1 aliphatic rings. The minimum absolute atomic E-state index is 0.0534. The van der Waals surface area contributed by atoms with Crippen molar-refractivity contribution in [3.05, 3.63) is 28.3 Å². The Hall–Kier alpha value is -1.82. The summed E-state index contributed by atoms with van der Waals surface area (Å²) in [6.07, 6.45) is 3.39. The molecule has 0 aliphatic heterocycles. The van der Waals surface area contributed by atoms with Gasteiger partial charge in [0.05, 0.1) is 4.92 Å². The van der Waals surface area contributed by atoms with Gasteiger partial charge in [0.15, 0.2) is 0 Å². The second-order valence-electron chi connectivity index (χ2n) is 4.71. The van der Waals surface area contributed by atoms with E-state index in [4.69, 9.17) is 11.5 Å². The van der Waals surface area contributed by atoms with E-state index in [0.29, 0.717) is 18.5 Å². The predicted molar refractivity (Wildman–Crippen MR) is 71.3 cm³/mol. The molecule has 0 radical (unpaired) electrons. The Morgan fingerprint density at radius 2 is 2.22 bits per heavy atom. The van der Waals surface area contributed by atoms with Crippen molar-refractivity contribution in [3.63, 3.8) is 0 Å². The van der Waals surface area contributed by atoms with Crippen LogP contribution in [-0.2, 0) is 0 Å². The summed E-state index contributed by atoms with van der Waals surface area (Å²) >= 11 is 0. The molecule has 6 heteroatoms. The van der Waals surface area contributed by atoms with Gasteiger partial charge in [0.25, 0.3) is 5.69 Å². The van der Waals surface area contributed by atoms with E-state index in [1.807, 2.05) is 0 Å². The van der Waals surface area contributed by atoms with E-state index in [-0.39, 0.29) is 11.4 Å². The van der Waals surface area contributed by atoms with Crippen LogP contribution in [0.5, 0.6) is 0 Å². The number of anilines is 2. The third-order valence-corrected chi connectivity index (χ3v) is 3.54. The highest BCUT2D eigenvalue weighted by Crippen LogP contribution is 2.30. The van der Waals surface area contributed by atoms with Gasteiger partial charge in [0.1, 0.15) is 5.69 Å². The monoisotopic (exact) mass is 250 g/mol. The summed E-state index contributed by atoms with van der Waals surface area (Å²) in [7, 11) is 0. The first-order chi connectivity index (χ1) is 8.61. The maximum Gasteiger partial charge on any atom is 0.292 e. The molecule has 0 spiro atoms. The molecule has 98 valence electrons. The molecular formula is C12H18N4O2. The molecule has 0 amide bonds. The Labute approximate surface area is 105 Å². The minimum atomic E-state index is -0.475. The maximum atomic E-state index is 10.7. The van der Waals surface area contributed by atoms with Gasteiger partial charge in [-0.2, -0.15) is 0 Å². The summed E-state index contributed by atoms with van der Waals surface area (Å²) in [5, 5.41) is 14.0. The third-order valence-electron chi connectivity index (χ3n) is 3.54. The first kappa shape index (κ1) is 12.6. The van der Waals surface area contributed by atoms with Crippen molar-refractivity contribution in [2.24, 2.45) is 11.7 Å². The number of nitro benzene ring substituents is 1. The summed E-state index contributed by atoms with van der Waals surface area (Å²) in [6.45, 7) is 0.667. The van der Waals surface area contributed by atoms with Crippen LogP contribution in [0.1, 0.15) is 19.3 Å². The lowest BCUT2D eigenvalue weighted by Gasteiger charge is -2.20. The van der Waals surface area contributed by atoms with Crippen molar-refractivity contribution in [1.82, 2.24) is 0 Å². The second kappa shape index (κ2) is 5.22. The van der Waals surface area contributed by atoms with Gasteiger partial charge in [-0.3, -0.25) is 10.1 Å². The number of rotatable bonds is 4. The lowest BCUT2D eigenvalue weighted by Crippen LogP contribution is -2.29. The van der Waals surface area contributed by atoms with Crippen LogP contribution in [0.3, 0.4) is 0 Å². The summed E-state index contributed by atoms with van der Waals surface area (Å²) < 4.78 is 0. The Morgan fingerprint density at radius 1 is 1.44 bits per heavy atom. The van der Waals surface area contributed by atoms with Crippen LogP contribution in [0.25, 0.3) is 0 Å². The molecule has 1 saturated carbocycles. The molecule has 0 saturated heterocycles. The molecule has 5 N–H and O–H groups in total. The first-order valence-corrected chi connectivity index (χ1v) is 6.12. The van der Waals surface area contributed by atoms with E-state index in [9.17, 15) is 10.1 Å². The van der Waals surface area contributed by atoms with E-state index >= 15 is 0 Å². The van der Waals surface area contributed by atoms with Gasteiger partial charge in [0, 0.05) is 17.8 Å². The number of nitrogens with zero attached hydrogens (tertiary/aromatic N) is 1. The number of benzene rings is 1. The zero-order valence-corrected chi connectivity index (χ0v) is 10.1. The molecule has 2 rings (SSSR count). The quantitative estimate of drug-likeness (QED) is 0.428. The number of hydrogen-bond donors (Lipinski definition) is 3. The highest BCUT2D eigenvalue weighted by Gasteiger charge is 2.26. The van der Waals surface area contributed by atoms with Gasteiger partial charge in [0.2, 0.25) is 0 Å². The maximum absolute atomic E-state index is 10.7. The molecule has 0 heterocycles. The fourth-order valence-corrected chi connectivity index (χ4v) is 2.53. The zero-order chi connectivity index (χ0) is 13.1. The van der Waals surface area contributed by atoms with Crippen LogP contribution in [0.4, 0.5) is 17.1 Å². The average Bonchev–Trinajstić information content (AvgIpc) is 2.76. The van der Waals surface area contributed by atoms with Crippen molar-refractivity contribution in [1.29, 1.82) is 0 Å². The number of nitrogen functional groups attached to an aromatic ring is 1. The van der Waals surface area contributed by atoms with Crippen LogP contribution in [0.15, 0.2) is 18.2 Å². The van der Waals surface area contributed by atoms with Gasteiger partial charge >= 0.3 is 0 Å². The molecule has 18 heavy (non-hydrogen) atoms. The van der Waals surface area contributed by atoms with Crippen molar-refractivity contribution in [2.75, 3.05) is 17.6 Å². The highest BCUT2D eigenvalue weighted by atomic mass is 16.6. The lowest BCUT2D eigenvalue weighted by molar-refractivity contribution is -0.383.